The minimum atomic E-state index is -1.01. The number of carbonyl (C=O) groups is 2. The first-order chi connectivity index (χ1) is 17.7. The highest BCUT2D eigenvalue weighted by molar-refractivity contribution is 5.99. The molecule has 3 aromatic rings. The van der Waals surface area contributed by atoms with Crippen molar-refractivity contribution in [3.05, 3.63) is 132 Å². The van der Waals surface area contributed by atoms with Gasteiger partial charge in [0.05, 0.1) is 12.6 Å². The van der Waals surface area contributed by atoms with Gasteiger partial charge in [0.2, 0.25) is 0 Å². The number of amides is 2. The number of rotatable bonds is 9. The lowest BCUT2D eigenvalue weighted by Crippen LogP contribution is -2.49. The van der Waals surface area contributed by atoms with E-state index in [0.717, 1.165) is 21.6 Å². The van der Waals surface area contributed by atoms with Crippen molar-refractivity contribution < 1.29 is 19.1 Å². The SMILES string of the molecule is C=C[C@H](COC(c1ccccc1)(c1ccccc1)c1ccccc1)N(C(=O)/C=C/C)C(=O)OC(C)(C)C. The van der Waals surface area contributed by atoms with Crippen LogP contribution < -0.4 is 0 Å². The molecular weight excluding hydrogens is 462 g/mol. The van der Waals surface area contributed by atoms with Gasteiger partial charge in [-0.05, 0) is 50.5 Å². The lowest BCUT2D eigenvalue weighted by Gasteiger charge is -2.38. The molecule has 0 bridgehead atoms. The molecule has 0 N–H and O–H groups in total. The number of benzene rings is 3. The molecule has 0 saturated heterocycles. The molecule has 2 amide bonds. The number of carbonyl (C=O) groups excluding carboxylic acids is 2. The van der Waals surface area contributed by atoms with Crippen molar-refractivity contribution in [3.8, 4) is 0 Å². The Morgan fingerprint density at radius 2 is 1.27 bits per heavy atom. The highest BCUT2D eigenvalue weighted by Gasteiger charge is 2.40. The van der Waals surface area contributed by atoms with E-state index in [0.29, 0.717) is 0 Å². The first kappa shape index (κ1) is 27.6. The molecule has 0 heterocycles. The maximum atomic E-state index is 13.2. The maximum absolute atomic E-state index is 13.2. The average Bonchev–Trinajstić information content (AvgIpc) is 2.89. The van der Waals surface area contributed by atoms with Gasteiger partial charge in [0.25, 0.3) is 5.91 Å². The van der Waals surface area contributed by atoms with Crippen LogP contribution in [0.2, 0.25) is 0 Å². The lowest BCUT2D eigenvalue weighted by atomic mass is 9.80. The Labute approximate surface area is 220 Å². The molecule has 0 unspecified atom stereocenters. The van der Waals surface area contributed by atoms with Gasteiger partial charge in [0.15, 0.2) is 0 Å². The van der Waals surface area contributed by atoms with Crippen LogP contribution in [0.4, 0.5) is 4.79 Å². The van der Waals surface area contributed by atoms with Crippen LogP contribution in [0.1, 0.15) is 44.4 Å². The highest BCUT2D eigenvalue weighted by atomic mass is 16.6. The molecule has 192 valence electrons. The quantitative estimate of drug-likeness (QED) is 0.184. The van der Waals surface area contributed by atoms with E-state index in [1.807, 2.05) is 91.0 Å². The number of allylic oxidation sites excluding steroid dienone is 1. The second-order valence-corrected chi connectivity index (χ2v) is 9.58. The number of ether oxygens (including phenoxy) is 2. The molecule has 37 heavy (non-hydrogen) atoms. The standard InChI is InChI=1S/C32H35NO4/c1-6-17-29(34)33(30(35)37-31(3,4)5)28(7-2)24-36-32(25-18-11-8-12-19-25,26-20-13-9-14-21-26)27-22-15-10-16-23-27/h6-23,28H,2,24H2,1,3-5H3/b17-6+/t28-/m1/s1. The fourth-order valence-electron chi connectivity index (χ4n) is 4.15. The number of imide groups is 1. The number of hydrogen-bond donors (Lipinski definition) is 0. The number of hydrogen-bond acceptors (Lipinski definition) is 4. The molecule has 0 aliphatic carbocycles. The highest BCUT2D eigenvalue weighted by Crippen LogP contribution is 2.40. The largest absolute Gasteiger partial charge is 0.443 e. The molecule has 0 saturated carbocycles. The van der Waals surface area contributed by atoms with Gasteiger partial charge in [-0.1, -0.05) is 103 Å². The van der Waals surface area contributed by atoms with Crippen LogP contribution in [0.5, 0.6) is 0 Å². The minimum Gasteiger partial charge on any atom is -0.443 e. The average molecular weight is 498 g/mol. The lowest BCUT2D eigenvalue weighted by molar-refractivity contribution is -0.128. The fourth-order valence-corrected chi connectivity index (χ4v) is 4.15. The van der Waals surface area contributed by atoms with E-state index in [2.05, 4.69) is 6.58 Å². The van der Waals surface area contributed by atoms with Crippen molar-refractivity contribution in [1.82, 2.24) is 4.90 Å². The van der Waals surface area contributed by atoms with Gasteiger partial charge in [-0.25, -0.2) is 9.69 Å². The van der Waals surface area contributed by atoms with E-state index >= 15 is 0 Å². The maximum Gasteiger partial charge on any atom is 0.417 e. The summed E-state index contributed by atoms with van der Waals surface area (Å²) in [6.07, 6.45) is 3.70. The normalized spacial score (nSPS) is 12.6. The summed E-state index contributed by atoms with van der Waals surface area (Å²) in [5.74, 6) is -0.505. The minimum absolute atomic E-state index is 0.00921. The van der Waals surface area contributed by atoms with Gasteiger partial charge in [0, 0.05) is 0 Å². The molecular formula is C32H35NO4. The number of nitrogens with zero attached hydrogens (tertiary/aromatic N) is 1. The van der Waals surface area contributed by atoms with Gasteiger partial charge in [-0.15, -0.1) is 6.58 Å². The molecule has 5 nitrogen and oxygen atoms in total. The summed E-state index contributed by atoms with van der Waals surface area (Å²) in [4.78, 5) is 27.3. The Hall–Kier alpha value is -3.96. The van der Waals surface area contributed by atoms with E-state index in [9.17, 15) is 9.59 Å². The second-order valence-electron chi connectivity index (χ2n) is 9.58. The molecule has 5 heteroatoms. The van der Waals surface area contributed by atoms with Gasteiger partial charge in [0.1, 0.15) is 11.2 Å². The van der Waals surface area contributed by atoms with Crippen molar-refractivity contribution >= 4 is 12.0 Å². The zero-order chi connectivity index (χ0) is 26.9. The summed E-state index contributed by atoms with van der Waals surface area (Å²) in [5.41, 5.74) is 0.963. The van der Waals surface area contributed by atoms with E-state index in [1.54, 1.807) is 33.8 Å². The summed E-state index contributed by atoms with van der Waals surface area (Å²) in [5, 5.41) is 0. The van der Waals surface area contributed by atoms with Crippen molar-refractivity contribution in [2.24, 2.45) is 0 Å². The third-order valence-electron chi connectivity index (χ3n) is 5.75. The zero-order valence-corrected chi connectivity index (χ0v) is 22.0. The Bertz CT molecular complexity index is 1100. The predicted molar refractivity (Wildman–Crippen MR) is 147 cm³/mol. The van der Waals surface area contributed by atoms with Crippen molar-refractivity contribution in [3.63, 3.8) is 0 Å². The summed E-state index contributed by atoms with van der Waals surface area (Å²) in [6.45, 7) is 10.9. The topological polar surface area (TPSA) is 55.8 Å². The van der Waals surface area contributed by atoms with E-state index in [-0.39, 0.29) is 6.61 Å². The molecule has 0 aromatic heterocycles. The summed E-state index contributed by atoms with van der Waals surface area (Å²) >= 11 is 0. The second kappa shape index (κ2) is 12.3. The van der Waals surface area contributed by atoms with E-state index in [4.69, 9.17) is 9.47 Å². The van der Waals surface area contributed by atoms with Crippen LogP contribution in [0.3, 0.4) is 0 Å². The van der Waals surface area contributed by atoms with E-state index < -0.39 is 29.2 Å². The Morgan fingerprint density at radius 3 is 1.62 bits per heavy atom. The fraction of sp³-hybridized carbons (Fsp3) is 0.250. The molecule has 0 aliphatic heterocycles. The molecule has 0 aliphatic rings. The Morgan fingerprint density at radius 1 is 0.838 bits per heavy atom. The zero-order valence-electron chi connectivity index (χ0n) is 22.0. The van der Waals surface area contributed by atoms with Crippen LogP contribution in [-0.4, -0.2) is 35.2 Å². The third kappa shape index (κ3) is 6.63. The van der Waals surface area contributed by atoms with Crippen molar-refractivity contribution in [2.45, 2.75) is 44.9 Å². The van der Waals surface area contributed by atoms with Gasteiger partial charge in [-0.2, -0.15) is 0 Å². The van der Waals surface area contributed by atoms with Gasteiger partial charge >= 0.3 is 6.09 Å². The Kier molecular flexibility index (Phi) is 9.20. The van der Waals surface area contributed by atoms with Crippen molar-refractivity contribution in [1.29, 1.82) is 0 Å². The van der Waals surface area contributed by atoms with Crippen molar-refractivity contribution in [2.75, 3.05) is 6.61 Å². The van der Waals surface area contributed by atoms with Crippen LogP contribution in [0.15, 0.2) is 116 Å². The smallest absolute Gasteiger partial charge is 0.417 e. The van der Waals surface area contributed by atoms with Crippen LogP contribution in [0, 0.1) is 0 Å². The summed E-state index contributed by atoms with van der Waals surface area (Å²) < 4.78 is 12.4. The molecule has 1 atom stereocenters. The van der Waals surface area contributed by atoms with Gasteiger partial charge in [-0.3, -0.25) is 4.79 Å². The summed E-state index contributed by atoms with van der Waals surface area (Å²) in [6, 6.07) is 29.0. The van der Waals surface area contributed by atoms with Crippen LogP contribution >= 0.6 is 0 Å². The summed E-state index contributed by atoms with van der Waals surface area (Å²) in [7, 11) is 0. The molecule has 3 aromatic carbocycles. The van der Waals surface area contributed by atoms with Gasteiger partial charge < -0.3 is 9.47 Å². The van der Waals surface area contributed by atoms with Crippen LogP contribution in [0.25, 0.3) is 0 Å². The Balaban J connectivity index is 2.11. The van der Waals surface area contributed by atoms with Crippen LogP contribution in [-0.2, 0) is 19.9 Å². The third-order valence-corrected chi connectivity index (χ3v) is 5.75. The predicted octanol–water partition coefficient (Wildman–Crippen LogP) is 6.89. The monoisotopic (exact) mass is 497 g/mol. The molecule has 0 fully saturated rings. The molecule has 0 radical (unpaired) electrons. The molecule has 0 spiro atoms. The van der Waals surface area contributed by atoms with E-state index in [1.165, 1.54) is 12.2 Å². The first-order valence-corrected chi connectivity index (χ1v) is 12.3. The first-order valence-electron chi connectivity index (χ1n) is 12.3. The molecule has 3 rings (SSSR count).